The summed E-state index contributed by atoms with van der Waals surface area (Å²) in [6.45, 7) is 5.88. The molecular formula is C37H37F3N6O4. The van der Waals surface area contributed by atoms with Gasteiger partial charge in [0.05, 0.1) is 35.2 Å². The first-order chi connectivity index (χ1) is 23.9. The van der Waals surface area contributed by atoms with Gasteiger partial charge in [0, 0.05) is 49.9 Å². The van der Waals surface area contributed by atoms with E-state index in [9.17, 15) is 9.18 Å². The molecule has 260 valence electrons. The van der Waals surface area contributed by atoms with Crippen LogP contribution in [-0.4, -0.2) is 59.0 Å². The Morgan fingerprint density at radius 2 is 1.70 bits per heavy atom. The van der Waals surface area contributed by atoms with Crippen LogP contribution in [0.2, 0.25) is 0 Å². The van der Waals surface area contributed by atoms with Gasteiger partial charge in [-0.2, -0.15) is 0 Å². The molecule has 5 aromatic rings. The molecule has 0 aliphatic carbocycles. The Labute approximate surface area is 287 Å². The van der Waals surface area contributed by atoms with Crippen LogP contribution in [0.1, 0.15) is 53.6 Å². The second-order valence-corrected chi connectivity index (χ2v) is 12.3. The van der Waals surface area contributed by atoms with Crippen molar-refractivity contribution in [2.24, 2.45) is 15.7 Å². The highest BCUT2D eigenvalue weighted by molar-refractivity contribution is 6.02. The standard InChI is InChI=1S/C37H37F3N6O4/c1-37(2,3)50-36(47)23-11-12-31-32(17-23)46(13-14-48-5)33(44-31)18-25-16-29(40)26(19-28(25)39)30-7-6-8-34(45-30)49-20-24-10-9-22(15-27(24)38)35(42-4)43-21-41/h6-12,15-17,19,21H,13-14,18,20H2,1-5H3,(H2,41,42,43). The van der Waals surface area contributed by atoms with Crippen LogP contribution in [0.5, 0.6) is 5.88 Å². The third kappa shape index (κ3) is 8.35. The molecule has 2 aromatic heterocycles. The van der Waals surface area contributed by atoms with Crippen LogP contribution in [0.15, 0.2) is 76.7 Å². The lowest BCUT2D eigenvalue weighted by Gasteiger charge is -2.19. The number of ether oxygens (including phenoxy) is 3. The Morgan fingerprint density at radius 1 is 0.940 bits per heavy atom. The maximum atomic E-state index is 15.6. The Bertz CT molecular complexity index is 2090. The van der Waals surface area contributed by atoms with Gasteiger partial charge in [0.1, 0.15) is 35.5 Å². The van der Waals surface area contributed by atoms with Crippen molar-refractivity contribution in [3.05, 3.63) is 112 Å². The number of hydrogen-bond donors (Lipinski definition) is 1. The van der Waals surface area contributed by atoms with Crippen LogP contribution in [-0.2, 0) is 29.0 Å². The topological polar surface area (TPSA) is 126 Å². The molecule has 10 nitrogen and oxygen atoms in total. The number of methoxy groups -OCH3 is 1. The van der Waals surface area contributed by atoms with Crippen LogP contribution < -0.4 is 10.5 Å². The van der Waals surface area contributed by atoms with Gasteiger partial charge in [-0.25, -0.2) is 32.9 Å². The van der Waals surface area contributed by atoms with Crippen LogP contribution in [0.4, 0.5) is 13.2 Å². The average molecular weight is 687 g/mol. The second-order valence-electron chi connectivity index (χ2n) is 12.3. The Balaban J connectivity index is 1.37. The summed E-state index contributed by atoms with van der Waals surface area (Å²) in [4.78, 5) is 29.6. The summed E-state index contributed by atoms with van der Waals surface area (Å²) in [6, 6.07) is 16.3. The predicted octanol–water partition coefficient (Wildman–Crippen LogP) is 6.65. The molecule has 0 amide bonds. The zero-order valence-electron chi connectivity index (χ0n) is 28.3. The average Bonchev–Trinajstić information content (AvgIpc) is 3.42. The number of benzene rings is 3. The third-order valence-corrected chi connectivity index (χ3v) is 7.56. The summed E-state index contributed by atoms with van der Waals surface area (Å²) in [7, 11) is 3.07. The SMILES string of the molecule is CN=C(N=CN)c1ccc(COc2cccc(-c3cc(F)c(Cc4nc5ccc(C(=O)OC(C)(C)C)cc5n4CCOC)cc3F)n2)c(F)c1. The number of amidine groups is 1. The number of nitrogens with two attached hydrogens (primary N) is 1. The minimum absolute atomic E-state index is 0.0334. The van der Waals surface area contributed by atoms with E-state index in [4.69, 9.17) is 19.9 Å². The number of imidazole rings is 1. The summed E-state index contributed by atoms with van der Waals surface area (Å²) < 4.78 is 64.4. The normalized spacial score (nSPS) is 12.2. The quantitative estimate of drug-likeness (QED) is 0.0937. The largest absolute Gasteiger partial charge is 0.473 e. The zero-order chi connectivity index (χ0) is 36.0. The molecule has 2 heterocycles. The molecule has 3 aromatic carbocycles. The number of carbonyl (C=O) groups excluding carboxylic acids is 1. The number of pyridine rings is 1. The Hall–Kier alpha value is -5.56. The first-order valence-electron chi connectivity index (χ1n) is 15.7. The number of nitrogens with zero attached hydrogens (tertiary/aromatic N) is 5. The Kier molecular flexibility index (Phi) is 11.0. The van der Waals surface area contributed by atoms with E-state index in [2.05, 4.69) is 20.0 Å². The van der Waals surface area contributed by atoms with Crippen molar-refractivity contribution in [1.29, 1.82) is 0 Å². The fraction of sp³-hybridized carbons (Fsp3) is 0.270. The maximum absolute atomic E-state index is 15.6. The monoisotopic (exact) mass is 686 g/mol. The highest BCUT2D eigenvalue weighted by atomic mass is 19.1. The molecule has 0 fully saturated rings. The molecule has 0 spiro atoms. The Morgan fingerprint density at radius 3 is 2.40 bits per heavy atom. The zero-order valence-corrected chi connectivity index (χ0v) is 28.3. The molecular weight excluding hydrogens is 649 g/mol. The van der Waals surface area contributed by atoms with Crippen LogP contribution in [0, 0.1) is 17.5 Å². The number of aliphatic imine (C=N–C) groups is 2. The predicted molar refractivity (Wildman–Crippen MR) is 185 cm³/mol. The second kappa shape index (κ2) is 15.3. The van der Waals surface area contributed by atoms with E-state index >= 15 is 8.78 Å². The molecule has 13 heteroatoms. The van der Waals surface area contributed by atoms with Crippen molar-refractivity contribution >= 4 is 29.2 Å². The van der Waals surface area contributed by atoms with Crippen molar-refractivity contribution in [2.75, 3.05) is 20.8 Å². The number of carbonyl (C=O) groups is 1. The van der Waals surface area contributed by atoms with Gasteiger partial charge in [0.25, 0.3) is 0 Å². The summed E-state index contributed by atoms with van der Waals surface area (Å²) in [5, 5.41) is 0. The highest BCUT2D eigenvalue weighted by Crippen LogP contribution is 2.29. The number of fused-ring (bicyclic) bond motifs is 1. The third-order valence-electron chi connectivity index (χ3n) is 7.56. The van der Waals surface area contributed by atoms with Gasteiger partial charge in [-0.05, 0) is 68.8 Å². The van der Waals surface area contributed by atoms with Gasteiger partial charge >= 0.3 is 5.97 Å². The first kappa shape index (κ1) is 35.7. The minimum Gasteiger partial charge on any atom is -0.473 e. The number of halogens is 3. The number of esters is 1. The lowest BCUT2D eigenvalue weighted by molar-refractivity contribution is 0.00696. The summed E-state index contributed by atoms with van der Waals surface area (Å²) in [6.07, 6.45) is 1.04. The summed E-state index contributed by atoms with van der Waals surface area (Å²) in [5.41, 5.74) is 7.04. The van der Waals surface area contributed by atoms with E-state index < -0.39 is 29.0 Å². The van der Waals surface area contributed by atoms with Crippen LogP contribution in [0.25, 0.3) is 22.3 Å². The summed E-state index contributed by atoms with van der Waals surface area (Å²) >= 11 is 0. The van der Waals surface area contributed by atoms with E-state index in [-0.39, 0.29) is 47.1 Å². The molecule has 5 rings (SSSR count). The number of aromatic nitrogens is 3. The molecule has 0 unspecified atom stereocenters. The smallest absolute Gasteiger partial charge is 0.338 e. The first-order valence-corrected chi connectivity index (χ1v) is 15.7. The van der Waals surface area contributed by atoms with Crippen molar-refractivity contribution in [3.8, 4) is 17.1 Å². The number of rotatable bonds is 11. The lowest BCUT2D eigenvalue weighted by atomic mass is 10.0. The minimum atomic E-state index is -0.701. The molecule has 2 N–H and O–H groups in total. The van der Waals surface area contributed by atoms with Gasteiger partial charge < -0.3 is 24.5 Å². The molecule has 0 bridgehead atoms. The lowest BCUT2D eigenvalue weighted by Crippen LogP contribution is -2.23. The molecule has 0 radical (unpaired) electrons. The van der Waals surface area contributed by atoms with Gasteiger partial charge in [0.2, 0.25) is 5.88 Å². The van der Waals surface area contributed by atoms with E-state index in [1.54, 1.807) is 58.2 Å². The van der Waals surface area contributed by atoms with Crippen molar-refractivity contribution in [1.82, 2.24) is 14.5 Å². The van der Waals surface area contributed by atoms with Gasteiger partial charge in [-0.1, -0.05) is 18.2 Å². The van der Waals surface area contributed by atoms with Crippen LogP contribution in [0.3, 0.4) is 0 Å². The summed E-state index contributed by atoms with van der Waals surface area (Å²) in [5.74, 6) is -1.57. The van der Waals surface area contributed by atoms with E-state index in [0.29, 0.717) is 41.1 Å². The molecule has 0 atom stereocenters. The van der Waals surface area contributed by atoms with Gasteiger partial charge in [-0.15, -0.1) is 0 Å². The highest BCUT2D eigenvalue weighted by Gasteiger charge is 2.21. The fourth-order valence-electron chi connectivity index (χ4n) is 5.23. The molecule has 0 saturated heterocycles. The van der Waals surface area contributed by atoms with E-state index in [0.717, 1.165) is 18.5 Å². The van der Waals surface area contributed by atoms with Crippen molar-refractivity contribution < 1.29 is 32.2 Å². The van der Waals surface area contributed by atoms with Gasteiger partial charge in [-0.3, -0.25) is 4.99 Å². The van der Waals surface area contributed by atoms with Gasteiger partial charge in [0.15, 0.2) is 5.84 Å². The molecule has 0 saturated carbocycles. The van der Waals surface area contributed by atoms with Crippen molar-refractivity contribution in [2.45, 2.75) is 45.9 Å². The molecule has 0 aliphatic rings. The van der Waals surface area contributed by atoms with Crippen LogP contribution >= 0.6 is 0 Å². The van der Waals surface area contributed by atoms with Crippen molar-refractivity contribution in [3.63, 3.8) is 0 Å². The number of hydrogen-bond acceptors (Lipinski definition) is 7. The maximum Gasteiger partial charge on any atom is 0.338 e. The molecule has 50 heavy (non-hydrogen) atoms. The fourth-order valence-corrected chi connectivity index (χ4v) is 5.23. The van der Waals surface area contributed by atoms with E-state index in [1.807, 2.05) is 4.57 Å². The molecule has 0 aliphatic heterocycles. The van der Waals surface area contributed by atoms with E-state index in [1.165, 1.54) is 31.3 Å².